The van der Waals surface area contributed by atoms with Crippen molar-refractivity contribution in [2.75, 3.05) is 11.9 Å². The fourth-order valence-corrected chi connectivity index (χ4v) is 4.31. The van der Waals surface area contributed by atoms with Gasteiger partial charge >= 0.3 is 6.03 Å². The molecule has 0 aliphatic heterocycles. The van der Waals surface area contributed by atoms with E-state index in [2.05, 4.69) is 21.9 Å². The third-order valence-corrected chi connectivity index (χ3v) is 5.94. The van der Waals surface area contributed by atoms with Crippen LogP contribution < -0.4 is 21.1 Å². The number of hydrogen-bond donors (Lipinski definition) is 4. The summed E-state index contributed by atoms with van der Waals surface area (Å²) in [5, 5.41) is 7.13. The quantitative estimate of drug-likeness (QED) is 0.437. The van der Waals surface area contributed by atoms with Gasteiger partial charge in [-0.3, -0.25) is 4.79 Å². The van der Waals surface area contributed by atoms with Crippen LogP contribution in [0.15, 0.2) is 54.4 Å². The monoisotopic (exact) mass is 422 g/mol. The predicted octanol–water partition coefficient (Wildman–Crippen LogP) is 2.09. The number of amides is 3. The Bertz CT molecular complexity index is 910. The highest BCUT2D eigenvalue weighted by atomic mass is 32.2. The van der Waals surface area contributed by atoms with E-state index in [1.807, 2.05) is 17.5 Å². The molecule has 10 heteroatoms. The standard InChI is InChI=1S/C18H22N4O4S2/c1-2-9-20-28(25,26)12-13-5-7-14(8-6-13)21-17(23)11-15(22-18(19)24)16-4-3-10-27-16/h2-8,10,15,20H,1,9,11-12H2,(H,21,23)(H3,19,22,24). The summed E-state index contributed by atoms with van der Waals surface area (Å²) in [7, 11) is -3.44. The third-order valence-electron chi connectivity index (χ3n) is 3.63. The van der Waals surface area contributed by atoms with Gasteiger partial charge in [0.25, 0.3) is 0 Å². The number of hydrogen-bond acceptors (Lipinski definition) is 5. The van der Waals surface area contributed by atoms with Crippen LogP contribution >= 0.6 is 11.3 Å². The molecule has 2 rings (SSSR count). The van der Waals surface area contributed by atoms with E-state index in [-0.39, 0.29) is 24.6 Å². The molecule has 8 nitrogen and oxygen atoms in total. The molecule has 0 aliphatic carbocycles. The van der Waals surface area contributed by atoms with E-state index in [4.69, 9.17) is 5.73 Å². The van der Waals surface area contributed by atoms with Crippen molar-refractivity contribution in [3.05, 3.63) is 64.9 Å². The summed E-state index contributed by atoms with van der Waals surface area (Å²) in [4.78, 5) is 24.3. The number of thiophene rings is 1. The van der Waals surface area contributed by atoms with Crippen molar-refractivity contribution in [1.82, 2.24) is 10.0 Å². The number of carbonyl (C=O) groups is 2. The van der Waals surface area contributed by atoms with E-state index in [0.717, 1.165) is 4.88 Å². The average Bonchev–Trinajstić information content (AvgIpc) is 3.15. The molecule has 0 saturated carbocycles. The predicted molar refractivity (Wildman–Crippen MR) is 110 cm³/mol. The van der Waals surface area contributed by atoms with Crippen LogP contribution in [0.5, 0.6) is 0 Å². The molecule has 1 aromatic heterocycles. The normalized spacial score (nSPS) is 12.1. The fraction of sp³-hybridized carbons (Fsp3) is 0.222. The van der Waals surface area contributed by atoms with Crippen molar-refractivity contribution in [2.45, 2.75) is 18.2 Å². The zero-order valence-electron chi connectivity index (χ0n) is 15.1. The van der Waals surface area contributed by atoms with Crippen molar-refractivity contribution in [3.63, 3.8) is 0 Å². The SMILES string of the molecule is C=CCNS(=O)(=O)Cc1ccc(NC(=O)CC(NC(N)=O)c2cccs2)cc1. The molecule has 150 valence electrons. The van der Waals surface area contributed by atoms with E-state index >= 15 is 0 Å². The smallest absolute Gasteiger partial charge is 0.312 e. The maximum atomic E-state index is 12.3. The Morgan fingerprint density at radius 2 is 1.93 bits per heavy atom. The van der Waals surface area contributed by atoms with Crippen molar-refractivity contribution >= 4 is 39.0 Å². The Hall–Kier alpha value is -2.69. The van der Waals surface area contributed by atoms with E-state index in [0.29, 0.717) is 11.3 Å². The van der Waals surface area contributed by atoms with Crippen molar-refractivity contribution < 1.29 is 18.0 Å². The maximum absolute atomic E-state index is 12.3. The lowest BCUT2D eigenvalue weighted by Crippen LogP contribution is -2.34. The number of anilines is 1. The maximum Gasteiger partial charge on any atom is 0.312 e. The molecule has 1 atom stereocenters. The number of nitrogens with two attached hydrogens (primary N) is 1. The largest absolute Gasteiger partial charge is 0.352 e. The molecule has 5 N–H and O–H groups in total. The van der Waals surface area contributed by atoms with Gasteiger partial charge < -0.3 is 16.4 Å². The van der Waals surface area contributed by atoms with Gasteiger partial charge in [-0.1, -0.05) is 24.3 Å². The summed E-state index contributed by atoms with van der Waals surface area (Å²) < 4.78 is 26.1. The van der Waals surface area contributed by atoms with Crippen LogP contribution in [-0.2, 0) is 20.6 Å². The minimum absolute atomic E-state index is 0.0189. The molecular weight excluding hydrogens is 400 g/mol. The average molecular weight is 423 g/mol. The Labute approximate surface area is 167 Å². The Morgan fingerprint density at radius 3 is 2.50 bits per heavy atom. The van der Waals surface area contributed by atoms with Crippen molar-refractivity contribution in [1.29, 1.82) is 0 Å². The highest BCUT2D eigenvalue weighted by Crippen LogP contribution is 2.22. The first-order valence-corrected chi connectivity index (χ1v) is 10.9. The molecule has 1 unspecified atom stereocenters. The van der Waals surface area contributed by atoms with Crippen LogP contribution in [-0.4, -0.2) is 26.9 Å². The fourth-order valence-electron chi connectivity index (χ4n) is 2.42. The van der Waals surface area contributed by atoms with Crippen LogP contribution in [0, 0.1) is 0 Å². The first-order chi connectivity index (χ1) is 13.3. The van der Waals surface area contributed by atoms with Gasteiger partial charge in [0.2, 0.25) is 15.9 Å². The molecule has 1 heterocycles. The number of nitrogens with one attached hydrogen (secondary N) is 3. The van der Waals surface area contributed by atoms with Gasteiger partial charge in [0.1, 0.15) is 0 Å². The van der Waals surface area contributed by atoms with Crippen molar-refractivity contribution in [2.24, 2.45) is 5.73 Å². The Kier molecular flexibility index (Phi) is 7.73. The second-order valence-electron chi connectivity index (χ2n) is 5.92. The number of primary amides is 1. The Morgan fingerprint density at radius 1 is 1.21 bits per heavy atom. The summed E-state index contributed by atoms with van der Waals surface area (Å²) in [6, 6.07) is 8.91. The molecule has 28 heavy (non-hydrogen) atoms. The minimum Gasteiger partial charge on any atom is -0.352 e. The first-order valence-electron chi connectivity index (χ1n) is 8.35. The van der Waals surface area contributed by atoms with Gasteiger partial charge in [0.05, 0.1) is 18.2 Å². The second-order valence-corrected chi connectivity index (χ2v) is 8.71. The second kappa shape index (κ2) is 10.0. The topological polar surface area (TPSA) is 130 Å². The summed E-state index contributed by atoms with van der Waals surface area (Å²) >= 11 is 1.41. The Balaban J connectivity index is 1.96. The molecule has 1 aromatic carbocycles. The molecule has 0 radical (unpaired) electrons. The van der Waals surface area contributed by atoms with Gasteiger partial charge in [-0.25, -0.2) is 17.9 Å². The summed E-state index contributed by atoms with van der Waals surface area (Å²) in [6.07, 6.45) is 1.48. The van der Waals surface area contributed by atoms with E-state index in [1.54, 1.807) is 24.3 Å². The van der Waals surface area contributed by atoms with Crippen molar-refractivity contribution in [3.8, 4) is 0 Å². The zero-order chi connectivity index (χ0) is 20.6. The lowest BCUT2D eigenvalue weighted by atomic mass is 10.1. The van der Waals surface area contributed by atoms with E-state index in [9.17, 15) is 18.0 Å². The minimum atomic E-state index is -3.44. The van der Waals surface area contributed by atoms with Crippen LogP contribution in [0.4, 0.5) is 10.5 Å². The molecule has 2 aromatic rings. The molecule has 0 bridgehead atoms. The van der Waals surface area contributed by atoms with Crippen LogP contribution in [0.2, 0.25) is 0 Å². The lowest BCUT2D eigenvalue weighted by molar-refractivity contribution is -0.116. The van der Waals surface area contributed by atoms with Gasteiger partial charge in [0.15, 0.2) is 0 Å². The highest BCUT2D eigenvalue weighted by Gasteiger charge is 2.18. The van der Waals surface area contributed by atoms with Crippen LogP contribution in [0.3, 0.4) is 0 Å². The molecule has 0 aliphatic rings. The summed E-state index contributed by atoms with van der Waals surface area (Å²) in [5.41, 5.74) is 6.30. The van der Waals surface area contributed by atoms with Crippen LogP contribution in [0.1, 0.15) is 22.9 Å². The molecular formula is C18H22N4O4S2. The van der Waals surface area contributed by atoms with E-state index < -0.39 is 22.1 Å². The zero-order valence-corrected chi connectivity index (χ0v) is 16.7. The number of rotatable bonds is 10. The highest BCUT2D eigenvalue weighted by molar-refractivity contribution is 7.88. The van der Waals surface area contributed by atoms with Gasteiger partial charge in [-0.15, -0.1) is 17.9 Å². The number of carbonyl (C=O) groups excluding carboxylic acids is 2. The van der Waals surface area contributed by atoms with Gasteiger partial charge in [-0.05, 0) is 29.1 Å². The lowest BCUT2D eigenvalue weighted by Gasteiger charge is -2.16. The van der Waals surface area contributed by atoms with Crippen LogP contribution in [0.25, 0.3) is 0 Å². The number of sulfonamides is 1. The first kappa shape index (κ1) is 21.6. The molecule has 3 amide bonds. The molecule has 0 fully saturated rings. The van der Waals surface area contributed by atoms with Gasteiger partial charge in [0, 0.05) is 17.1 Å². The third kappa shape index (κ3) is 7.14. The molecule has 0 saturated heterocycles. The summed E-state index contributed by atoms with van der Waals surface area (Å²) in [5.74, 6) is -0.474. The number of urea groups is 1. The van der Waals surface area contributed by atoms with Gasteiger partial charge in [-0.2, -0.15) is 0 Å². The summed E-state index contributed by atoms with van der Waals surface area (Å²) in [6.45, 7) is 3.63. The molecule has 0 spiro atoms. The van der Waals surface area contributed by atoms with E-state index in [1.165, 1.54) is 17.4 Å². The number of benzene rings is 1.